The van der Waals surface area contributed by atoms with E-state index in [1.165, 1.54) is 0 Å². The highest BCUT2D eigenvalue weighted by molar-refractivity contribution is 7.93. The second-order valence-corrected chi connectivity index (χ2v) is 5.05. The fourth-order valence-electron chi connectivity index (χ4n) is 0.920. The molecule has 0 fully saturated rings. The number of carbonyl (C=O) groups is 1. The third-order valence-corrected chi connectivity index (χ3v) is 3.57. The molecule has 0 heterocycles. The number of hydrogen-bond acceptors (Lipinski definition) is 3. The molecule has 1 N–H and O–H groups in total. The zero-order valence-electron chi connectivity index (χ0n) is 7.37. The third kappa shape index (κ3) is 2.37. The van der Waals surface area contributed by atoms with E-state index < -0.39 is 32.5 Å². The molecule has 8 heteroatoms. The van der Waals surface area contributed by atoms with Gasteiger partial charge in [0.1, 0.15) is 0 Å². The van der Waals surface area contributed by atoms with Crippen molar-refractivity contribution < 1.29 is 31.5 Å². The van der Waals surface area contributed by atoms with Crippen molar-refractivity contribution in [2.24, 2.45) is 5.92 Å². The van der Waals surface area contributed by atoms with Crippen molar-refractivity contribution in [2.45, 2.75) is 24.6 Å². The first kappa shape index (κ1) is 13.2. The highest BCUT2D eigenvalue weighted by atomic mass is 32.2. The zero-order valence-corrected chi connectivity index (χ0v) is 8.19. The van der Waals surface area contributed by atoms with Crippen molar-refractivity contribution >= 4 is 15.8 Å². The van der Waals surface area contributed by atoms with Crippen LogP contribution >= 0.6 is 0 Å². The lowest BCUT2D eigenvalue weighted by Gasteiger charge is -2.18. The van der Waals surface area contributed by atoms with Crippen LogP contribution in [0.15, 0.2) is 0 Å². The summed E-state index contributed by atoms with van der Waals surface area (Å²) >= 11 is 0. The predicted octanol–water partition coefficient (Wildman–Crippen LogP) is 1.03. The van der Waals surface area contributed by atoms with E-state index in [0.717, 1.165) is 13.8 Å². The van der Waals surface area contributed by atoms with Crippen molar-refractivity contribution in [1.82, 2.24) is 0 Å². The maximum Gasteiger partial charge on any atom is 0.498 e. The maximum absolute atomic E-state index is 12.0. The van der Waals surface area contributed by atoms with Gasteiger partial charge in [0.05, 0.1) is 0 Å². The molecule has 1 unspecified atom stereocenters. The van der Waals surface area contributed by atoms with E-state index in [1.54, 1.807) is 0 Å². The average molecular weight is 234 g/mol. The third-order valence-electron chi connectivity index (χ3n) is 1.51. The van der Waals surface area contributed by atoms with Crippen molar-refractivity contribution in [3.63, 3.8) is 0 Å². The van der Waals surface area contributed by atoms with Gasteiger partial charge >= 0.3 is 11.5 Å². The van der Waals surface area contributed by atoms with Gasteiger partial charge in [0.2, 0.25) is 0 Å². The molecule has 0 aromatic heterocycles. The number of sulfone groups is 1. The summed E-state index contributed by atoms with van der Waals surface area (Å²) in [7, 11) is -5.64. The topological polar surface area (TPSA) is 71.4 Å². The fourth-order valence-corrected chi connectivity index (χ4v) is 2.19. The lowest BCUT2D eigenvalue weighted by molar-refractivity contribution is -0.137. The summed E-state index contributed by atoms with van der Waals surface area (Å²) in [5.74, 6) is -3.13. The smallest absolute Gasteiger partial charge is 0.480 e. The minimum atomic E-state index is -5.64. The molecule has 0 aliphatic rings. The number of rotatable bonds is 3. The lowest BCUT2D eigenvalue weighted by Crippen LogP contribution is -2.42. The number of carboxylic acids is 1. The van der Waals surface area contributed by atoms with Crippen LogP contribution in [0.25, 0.3) is 0 Å². The van der Waals surface area contributed by atoms with Gasteiger partial charge in [0.25, 0.3) is 9.84 Å². The minimum absolute atomic E-state index is 1.10. The van der Waals surface area contributed by atoms with Crippen LogP contribution < -0.4 is 0 Å². The largest absolute Gasteiger partial charge is 0.498 e. The molecule has 1 atom stereocenters. The van der Waals surface area contributed by atoms with Crippen molar-refractivity contribution in [3.8, 4) is 0 Å². The van der Waals surface area contributed by atoms with Gasteiger partial charge in [-0.15, -0.1) is 0 Å². The van der Waals surface area contributed by atoms with Crippen LogP contribution in [0.3, 0.4) is 0 Å². The molecular formula is C6H9F3O4S. The molecule has 0 aliphatic carbocycles. The molecule has 14 heavy (non-hydrogen) atoms. The molecular weight excluding hydrogens is 225 g/mol. The standard InChI is InChI=1S/C6H9F3O4S/c1-3(2)4(5(10)11)14(12,13)6(7,8)9/h3-4H,1-2H3,(H,10,11). The van der Waals surface area contributed by atoms with Gasteiger partial charge < -0.3 is 5.11 Å². The summed E-state index contributed by atoms with van der Waals surface area (Å²) in [5, 5.41) is 5.92. The van der Waals surface area contributed by atoms with Crippen molar-refractivity contribution in [3.05, 3.63) is 0 Å². The number of halogens is 3. The van der Waals surface area contributed by atoms with Crippen LogP contribution in [0.1, 0.15) is 13.8 Å². The summed E-state index contributed by atoms with van der Waals surface area (Å²) in [5.41, 5.74) is -5.53. The molecule has 0 aromatic rings. The molecule has 0 saturated heterocycles. The predicted molar refractivity (Wildman–Crippen MR) is 41.2 cm³/mol. The molecule has 4 nitrogen and oxygen atoms in total. The number of hydrogen-bond donors (Lipinski definition) is 1. The van der Waals surface area contributed by atoms with E-state index in [2.05, 4.69) is 0 Å². The summed E-state index contributed by atoms with van der Waals surface area (Å²) in [4.78, 5) is 10.4. The zero-order chi connectivity index (χ0) is 11.7. The molecule has 0 aromatic carbocycles. The molecule has 0 bridgehead atoms. The van der Waals surface area contributed by atoms with E-state index in [1.807, 2.05) is 0 Å². The summed E-state index contributed by atoms with van der Waals surface area (Å²) in [6, 6.07) is 0. The van der Waals surface area contributed by atoms with Gasteiger partial charge in [0.15, 0.2) is 5.25 Å². The maximum atomic E-state index is 12.0. The Morgan fingerprint density at radius 1 is 1.29 bits per heavy atom. The van der Waals surface area contributed by atoms with Gasteiger partial charge in [-0.3, -0.25) is 4.79 Å². The Kier molecular flexibility index (Phi) is 3.54. The second kappa shape index (κ2) is 3.76. The van der Waals surface area contributed by atoms with E-state index in [0.29, 0.717) is 0 Å². The van der Waals surface area contributed by atoms with Gasteiger partial charge in [-0.25, -0.2) is 8.42 Å². The Morgan fingerprint density at radius 3 is 1.71 bits per heavy atom. The second-order valence-electron chi connectivity index (χ2n) is 2.99. The average Bonchev–Trinajstić information content (AvgIpc) is 1.79. The molecule has 84 valence electrons. The SMILES string of the molecule is CC(C)C(C(=O)O)S(=O)(=O)C(F)(F)F. The van der Waals surface area contributed by atoms with Crippen LogP contribution in [0.4, 0.5) is 13.2 Å². The highest BCUT2D eigenvalue weighted by Gasteiger charge is 2.54. The summed E-state index contributed by atoms with van der Waals surface area (Å²) in [6.45, 7) is 2.20. The van der Waals surface area contributed by atoms with E-state index >= 15 is 0 Å². The number of aliphatic carboxylic acids is 1. The quantitative estimate of drug-likeness (QED) is 0.791. The van der Waals surface area contributed by atoms with Crippen molar-refractivity contribution in [2.75, 3.05) is 0 Å². The molecule has 0 aliphatic heterocycles. The normalized spacial score (nSPS) is 15.6. The molecule has 0 rings (SSSR count). The first-order valence-electron chi connectivity index (χ1n) is 3.54. The Balaban J connectivity index is 5.35. The molecule has 0 spiro atoms. The van der Waals surface area contributed by atoms with Crippen LogP contribution in [0.2, 0.25) is 0 Å². The van der Waals surface area contributed by atoms with Crippen LogP contribution in [0, 0.1) is 5.92 Å². The number of carboxylic acid groups (broad SMARTS) is 1. The lowest BCUT2D eigenvalue weighted by atomic mass is 10.1. The molecule has 0 amide bonds. The Labute approximate surface area is 78.6 Å². The summed E-state index contributed by atoms with van der Waals surface area (Å²) < 4.78 is 57.3. The van der Waals surface area contributed by atoms with Gasteiger partial charge in [-0.2, -0.15) is 13.2 Å². The summed E-state index contributed by atoms with van der Waals surface area (Å²) in [6.07, 6.45) is 0. The van der Waals surface area contributed by atoms with Crippen LogP contribution in [-0.4, -0.2) is 30.3 Å². The Hall–Kier alpha value is -0.790. The highest BCUT2D eigenvalue weighted by Crippen LogP contribution is 2.30. The van der Waals surface area contributed by atoms with Crippen molar-refractivity contribution in [1.29, 1.82) is 0 Å². The van der Waals surface area contributed by atoms with Gasteiger partial charge in [0, 0.05) is 0 Å². The molecule has 0 saturated carbocycles. The Bertz CT molecular complexity index is 316. The van der Waals surface area contributed by atoms with E-state index in [4.69, 9.17) is 5.11 Å². The van der Waals surface area contributed by atoms with E-state index in [-0.39, 0.29) is 0 Å². The fraction of sp³-hybridized carbons (Fsp3) is 0.833. The van der Waals surface area contributed by atoms with Crippen LogP contribution in [-0.2, 0) is 14.6 Å². The Morgan fingerprint density at radius 2 is 1.64 bits per heavy atom. The molecule has 0 radical (unpaired) electrons. The van der Waals surface area contributed by atoms with Crippen LogP contribution in [0.5, 0.6) is 0 Å². The number of alkyl halides is 3. The first-order chi connectivity index (χ1) is 6.01. The van der Waals surface area contributed by atoms with E-state index in [9.17, 15) is 26.4 Å². The monoisotopic (exact) mass is 234 g/mol. The first-order valence-corrected chi connectivity index (χ1v) is 5.09. The van der Waals surface area contributed by atoms with Gasteiger partial charge in [-0.05, 0) is 5.92 Å². The van der Waals surface area contributed by atoms with Gasteiger partial charge in [-0.1, -0.05) is 13.8 Å². The minimum Gasteiger partial charge on any atom is -0.480 e.